The van der Waals surface area contributed by atoms with Crippen molar-refractivity contribution in [3.8, 4) is 0 Å². The first kappa shape index (κ1) is 14.1. The summed E-state index contributed by atoms with van der Waals surface area (Å²) in [6.07, 6.45) is 3.40. The van der Waals surface area contributed by atoms with Crippen LogP contribution < -0.4 is 11.2 Å². The molecule has 4 heteroatoms. The molecule has 0 atom stereocenters. The zero-order valence-electron chi connectivity index (χ0n) is 12.9. The van der Waals surface area contributed by atoms with Crippen LogP contribution in [0.4, 0.5) is 0 Å². The second-order valence-electron chi connectivity index (χ2n) is 7.22. The van der Waals surface area contributed by atoms with Crippen LogP contribution in [0.15, 0.2) is 24.3 Å². The average Bonchev–Trinajstić information content (AvgIpc) is 2.56. The van der Waals surface area contributed by atoms with Gasteiger partial charge in [0, 0.05) is 5.54 Å². The lowest BCUT2D eigenvalue weighted by Gasteiger charge is -2.38. The van der Waals surface area contributed by atoms with Gasteiger partial charge in [-0.2, -0.15) is 0 Å². The van der Waals surface area contributed by atoms with Crippen molar-refractivity contribution in [2.24, 2.45) is 5.73 Å². The van der Waals surface area contributed by atoms with E-state index in [4.69, 9.17) is 15.0 Å². The summed E-state index contributed by atoms with van der Waals surface area (Å²) in [7, 11) is -0.288. The number of nitrogens with two attached hydrogens (primary N) is 1. The summed E-state index contributed by atoms with van der Waals surface area (Å²) in [6.45, 7) is 8.30. The molecule has 0 unspecified atom stereocenters. The summed E-state index contributed by atoms with van der Waals surface area (Å²) in [5, 5.41) is 0. The van der Waals surface area contributed by atoms with E-state index in [1.807, 2.05) is 0 Å². The van der Waals surface area contributed by atoms with Crippen molar-refractivity contribution in [1.82, 2.24) is 0 Å². The summed E-state index contributed by atoms with van der Waals surface area (Å²) < 4.78 is 12.1. The molecule has 1 heterocycles. The SMILES string of the molecule is CC1(C)OB(c2ccc(C3(N)CCC3)cc2)OC1(C)C. The number of hydrogen-bond donors (Lipinski definition) is 1. The van der Waals surface area contributed by atoms with E-state index in [-0.39, 0.29) is 23.9 Å². The third-order valence-corrected chi connectivity index (χ3v) is 5.26. The van der Waals surface area contributed by atoms with Gasteiger partial charge in [-0.3, -0.25) is 0 Å². The van der Waals surface area contributed by atoms with Gasteiger partial charge in [0.05, 0.1) is 11.2 Å². The van der Waals surface area contributed by atoms with E-state index in [0.29, 0.717) is 0 Å². The minimum atomic E-state index is -0.292. The maximum atomic E-state index is 6.35. The average molecular weight is 273 g/mol. The molecule has 2 N–H and O–H groups in total. The van der Waals surface area contributed by atoms with Crippen LogP contribution in [0.2, 0.25) is 0 Å². The van der Waals surface area contributed by atoms with E-state index in [1.54, 1.807) is 0 Å². The molecule has 1 saturated heterocycles. The van der Waals surface area contributed by atoms with E-state index in [9.17, 15) is 0 Å². The monoisotopic (exact) mass is 273 g/mol. The Morgan fingerprint density at radius 3 is 1.85 bits per heavy atom. The Hall–Kier alpha value is -0.835. The lowest BCUT2D eigenvalue weighted by Crippen LogP contribution is -2.43. The Balaban J connectivity index is 1.79. The predicted molar refractivity (Wildman–Crippen MR) is 81.9 cm³/mol. The zero-order valence-corrected chi connectivity index (χ0v) is 12.9. The summed E-state index contributed by atoms with van der Waals surface area (Å²) in [6, 6.07) is 8.42. The summed E-state index contributed by atoms with van der Waals surface area (Å²) in [4.78, 5) is 0. The second kappa shape index (κ2) is 4.33. The van der Waals surface area contributed by atoms with Gasteiger partial charge in [0.15, 0.2) is 0 Å². The first-order valence-corrected chi connectivity index (χ1v) is 7.49. The summed E-state index contributed by atoms with van der Waals surface area (Å²) in [5.74, 6) is 0. The first-order valence-electron chi connectivity index (χ1n) is 7.49. The lowest BCUT2D eigenvalue weighted by molar-refractivity contribution is 0.00578. The predicted octanol–water partition coefficient (Wildman–Crippen LogP) is 2.32. The fraction of sp³-hybridized carbons (Fsp3) is 0.625. The third-order valence-electron chi connectivity index (χ3n) is 5.26. The van der Waals surface area contributed by atoms with Gasteiger partial charge in [-0.25, -0.2) is 0 Å². The van der Waals surface area contributed by atoms with Crippen molar-refractivity contribution in [1.29, 1.82) is 0 Å². The van der Waals surface area contributed by atoms with Gasteiger partial charge in [0.1, 0.15) is 0 Å². The maximum absolute atomic E-state index is 6.35. The molecule has 3 nitrogen and oxygen atoms in total. The Bertz CT molecular complexity index is 490. The highest BCUT2D eigenvalue weighted by atomic mass is 16.7. The molecular weight excluding hydrogens is 249 g/mol. The molecule has 1 aliphatic carbocycles. The molecule has 0 spiro atoms. The molecule has 0 aromatic heterocycles. The molecule has 20 heavy (non-hydrogen) atoms. The fourth-order valence-corrected chi connectivity index (χ4v) is 2.80. The van der Waals surface area contributed by atoms with Crippen molar-refractivity contribution in [2.45, 2.75) is 63.7 Å². The Labute approximate surface area is 122 Å². The lowest BCUT2D eigenvalue weighted by atomic mass is 9.71. The highest BCUT2D eigenvalue weighted by molar-refractivity contribution is 6.62. The highest BCUT2D eigenvalue weighted by Gasteiger charge is 2.51. The van der Waals surface area contributed by atoms with Crippen LogP contribution in [-0.4, -0.2) is 18.3 Å². The minimum absolute atomic E-state index is 0.103. The first-order chi connectivity index (χ1) is 9.24. The van der Waals surface area contributed by atoms with Gasteiger partial charge in [0.2, 0.25) is 0 Å². The van der Waals surface area contributed by atoms with Crippen LogP contribution >= 0.6 is 0 Å². The molecule has 0 bridgehead atoms. The van der Waals surface area contributed by atoms with Crippen LogP contribution in [0.5, 0.6) is 0 Å². The van der Waals surface area contributed by atoms with E-state index in [0.717, 1.165) is 18.3 Å². The van der Waals surface area contributed by atoms with Crippen molar-refractivity contribution in [3.05, 3.63) is 29.8 Å². The van der Waals surface area contributed by atoms with Gasteiger partial charge >= 0.3 is 7.12 Å². The van der Waals surface area contributed by atoms with Crippen LogP contribution in [0.3, 0.4) is 0 Å². The molecule has 0 amide bonds. The standard InChI is InChI=1S/C16H24BNO2/c1-14(2)15(3,4)20-17(19-14)13-8-6-12(7-9-13)16(18)10-5-11-16/h6-9H,5,10-11,18H2,1-4H3. The third kappa shape index (κ3) is 2.10. The van der Waals surface area contributed by atoms with Crippen molar-refractivity contribution < 1.29 is 9.31 Å². The molecule has 0 radical (unpaired) electrons. The summed E-state index contributed by atoms with van der Waals surface area (Å²) >= 11 is 0. The van der Waals surface area contributed by atoms with Gasteiger partial charge in [0.25, 0.3) is 0 Å². The quantitative estimate of drug-likeness (QED) is 0.841. The van der Waals surface area contributed by atoms with Gasteiger partial charge in [-0.05, 0) is 58.0 Å². The van der Waals surface area contributed by atoms with Crippen LogP contribution in [0.25, 0.3) is 0 Å². The Kier molecular flexibility index (Phi) is 3.05. The fourth-order valence-electron chi connectivity index (χ4n) is 2.80. The van der Waals surface area contributed by atoms with E-state index in [2.05, 4.69) is 52.0 Å². The molecule has 1 saturated carbocycles. The molecular formula is C16H24BNO2. The number of hydrogen-bond acceptors (Lipinski definition) is 3. The van der Waals surface area contributed by atoms with Crippen LogP contribution in [0, 0.1) is 0 Å². The molecule has 1 aliphatic heterocycles. The molecule has 1 aromatic carbocycles. The minimum Gasteiger partial charge on any atom is -0.399 e. The molecule has 2 fully saturated rings. The van der Waals surface area contributed by atoms with Crippen molar-refractivity contribution in [2.75, 3.05) is 0 Å². The molecule has 2 aliphatic rings. The Morgan fingerprint density at radius 1 is 0.950 bits per heavy atom. The highest BCUT2D eigenvalue weighted by Crippen LogP contribution is 2.39. The molecule has 108 valence electrons. The number of benzene rings is 1. The van der Waals surface area contributed by atoms with Crippen molar-refractivity contribution in [3.63, 3.8) is 0 Å². The smallest absolute Gasteiger partial charge is 0.399 e. The maximum Gasteiger partial charge on any atom is 0.494 e. The normalized spacial score (nSPS) is 26.4. The van der Waals surface area contributed by atoms with Gasteiger partial charge < -0.3 is 15.0 Å². The topological polar surface area (TPSA) is 44.5 Å². The number of rotatable bonds is 2. The molecule has 1 aromatic rings. The summed E-state index contributed by atoms with van der Waals surface area (Å²) in [5.41, 5.74) is 7.96. The molecule has 3 rings (SSSR count). The van der Waals surface area contributed by atoms with E-state index in [1.165, 1.54) is 12.0 Å². The largest absolute Gasteiger partial charge is 0.494 e. The zero-order chi connectivity index (χ0) is 14.6. The van der Waals surface area contributed by atoms with Crippen LogP contribution in [-0.2, 0) is 14.8 Å². The van der Waals surface area contributed by atoms with Gasteiger partial charge in [-0.1, -0.05) is 24.3 Å². The van der Waals surface area contributed by atoms with Crippen molar-refractivity contribution >= 4 is 12.6 Å². The second-order valence-corrected chi connectivity index (χ2v) is 7.22. The van der Waals surface area contributed by atoms with Gasteiger partial charge in [-0.15, -0.1) is 0 Å². The van der Waals surface area contributed by atoms with Crippen LogP contribution in [0.1, 0.15) is 52.5 Å². The van der Waals surface area contributed by atoms with E-state index < -0.39 is 0 Å². The Morgan fingerprint density at radius 2 is 1.45 bits per heavy atom. The van der Waals surface area contributed by atoms with E-state index >= 15 is 0 Å².